The Kier molecular flexibility index (Phi) is 8.71. The van der Waals surface area contributed by atoms with Gasteiger partial charge in [0.15, 0.2) is 0 Å². The van der Waals surface area contributed by atoms with Crippen LogP contribution in [0.5, 0.6) is 0 Å². The van der Waals surface area contributed by atoms with Crippen molar-refractivity contribution in [3.63, 3.8) is 0 Å². The highest BCUT2D eigenvalue weighted by atomic mass is 32.2. The number of sulfonamides is 1. The van der Waals surface area contributed by atoms with E-state index in [-0.39, 0.29) is 10.2 Å². The number of carbonyl (C=O) groups is 2. The molecule has 14 heteroatoms. The van der Waals surface area contributed by atoms with Gasteiger partial charge in [-0.3, -0.25) is 10.6 Å². The monoisotopic (exact) mass is 479 g/mol. The first-order valence-electron chi connectivity index (χ1n) is 8.42. The van der Waals surface area contributed by atoms with Gasteiger partial charge in [-0.25, -0.2) is 33.1 Å². The number of hydrogen-bond acceptors (Lipinski definition) is 10. The van der Waals surface area contributed by atoms with Crippen LogP contribution in [-0.4, -0.2) is 41.8 Å². The van der Waals surface area contributed by atoms with Gasteiger partial charge in [0.1, 0.15) is 22.8 Å². The lowest BCUT2D eigenvalue weighted by molar-refractivity contribution is 0.0624. The predicted molar refractivity (Wildman–Crippen MR) is 115 cm³/mol. The molecule has 2 amide bonds. The van der Waals surface area contributed by atoms with Gasteiger partial charge in [-0.1, -0.05) is 0 Å². The third kappa shape index (κ3) is 11.0. The van der Waals surface area contributed by atoms with E-state index in [1.165, 1.54) is 16.7 Å². The molecule has 2 heterocycles. The molecule has 0 aliphatic rings. The summed E-state index contributed by atoms with van der Waals surface area (Å²) in [6.45, 7) is 10.6. The lowest BCUT2D eigenvalue weighted by Crippen LogP contribution is -2.27. The zero-order valence-electron chi connectivity index (χ0n) is 17.4. The highest BCUT2D eigenvalue weighted by molar-refractivity contribution is 7.91. The Morgan fingerprint density at radius 1 is 0.967 bits per heavy atom. The van der Waals surface area contributed by atoms with E-state index in [0.29, 0.717) is 5.82 Å². The first-order chi connectivity index (χ1) is 13.5. The van der Waals surface area contributed by atoms with Crippen LogP contribution in [0.2, 0.25) is 0 Å². The minimum Gasteiger partial charge on any atom is -0.444 e. The molecule has 0 unspecified atom stereocenters. The van der Waals surface area contributed by atoms with Crippen molar-refractivity contribution in [2.75, 3.05) is 10.6 Å². The molecule has 0 bridgehead atoms. The summed E-state index contributed by atoms with van der Waals surface area (Å²) in [5.41, 5.74) is 0.537. The second kappa shape index (κ2) is 10.1. The molecule has 0 spiro atoms. The Labute approximate surface area is 183 Å². The molecule has 30 heavy (non-hydrogen) atoms. The topological polar surface area (TPSA) is 163 Å². The Hall–Kier alpha value is -2.29. The molecule has 4 N–H and O–H groups in total. The van der Waals surface area contributed by atoms with Gasteiger partial charge < -0.3 is 9.47 Å². The Morgan fingerprint density at radius 3 is 1.83 bits per heavy atom. The number of primary sulfonamides is 1. The molecule has 0 fully saturated rings. The third-order valence-corrected chi connectivity index (χ3v) is 5.20. The Morgan fingerprint density at radius 2 is 1.47 bits per heavy atom. The zero-order valence-corrected chi connectivity index (χ0v) is 19.8. The number of ether oxygens (including phenoxy) is 2. The summed E-state index contributed by atoms with van der Waals surface area (Å²) in [5, 5.41) is 12.8. The van der Waals surface area contributed by atoms with Gasteiger partial charge in [-0.2, -0.15) is 0 Å². The molecule has 11 nitrogen and oxygen atoms in total. The summed E-state index contributed by atoms with van der Waals surface area (Å²) in [4.78, 5) is 30.0. The van der Waals surface area contributed by atoms with Crippen molar-refractivity contribution in [2.24, 2.45) is 5.14 Å². The molecule has 2 rings (SSSR count). The highest BCUT2D eigenvalue weighted by Gasteiger charge is 2.19. The molecule has 0 radical (unpaired) electrons. The van der Waals surface area contributed by atoms with Gasteiger partial charge in [-0.05, 0) is 41.5 Å². The van der Waals surface area contributed by atoms with Crippen LogP contribution >= 0.6 is 22.7 Å². The van der Waals surface area contributed by atoms with Gasteiger partial charge >= 0.3 is 12.2 Å². The maximum Gasteiger partial charge on any atom is 0.413 e. The maximum absolute atomic E-state index is 11.3. The van der Waals surface area contributed by atoms with Crippen LogP contribution < -0.4 is 15.8 Å². The highest BCUT2D eigenvalue weighted by Crippen LogP contribution is 2.18. The van der Waals surface area contributed by atoms with Crippen molar-refractivity contribution in [2.45, 2.75) is 57.1 Å². The smallest absolute Gasteiger partial charge is 0.413 e. The second-order valence-electron chi connectivity index (χ2n) is 7.67. The average Bonchev–Trinajstić information content (AvgIpc) is 3.14. The second-order valence-corrected chi connectivity index (χ2v) is 11.0. The van der Waals surface area contributed by atoms with E-state index in [2.05, 4.69) is 20.6 Å². The van der Waals surface area contributed by atoms with Crippen molar-refractivity contribution in [1.82, 2.24) is 9.97 Å². The third-order valence-electron chi connectivity index (χ3n) is 2.42. The summed E-state index contributed by atoms with van der Waals surface area (Å²) < 4.78 is 31.6. The first-order valence-corrected chi connectivity index (χ1v) is 11.8. The van der Waals surface area contributed by atoms with Crippen LogP contribution in [0.1, 0.15) is 41.5 Å². The average molecular weight is 480 g/mol. The van der Waals surface area contributed by atoms with Crippen molar-refractivity contribution in [3.8, 4) is 0 Å². The fourth-order valence-electron chi connectivity index (χ4n) is 1.54. The van der Waals surface area contributed by atoms with E-state index in [9.17, 15) is 18.0 Å². The van der Waals surface area contributed by atoms with E-state index < -0.39 is 33.4 Å². The molecular formula is C16H25N5O6S3. The lowest BCUT2D eigenvalue weighted by Gasteiger charge is -2.19. The number of aromatic nitrogens is 2. The Balaban J connectivity index is 0.000000311. The SMILES string of the molecule is CC(C)(C)OC(=O)Nc1csc(S(N)(=O)=O)n1.CC(C)(C)OC(=O)Nc1cscn1. The normalized spacial score (nSPS) is 11.7. The number of anilines is 2. The van der Waals surface area contributed by atoms with E-state index in [1.807, 2.05) is 20.8 Å². The van der Waals surface area contributed by atoms with Gasteiger partial charge in [0.25, 0.3) is 10.0 Å². The quantitative estimate of drug-likeness (QED) is 0.601. The van der Waals surface area contributed by atoms with Gasteiger partial charge in [-0.15, -0.1) is 22.7 Å². The number of nitrogens with two attached hydrogens (primary N) is 1. The van der Waals surface area contributed by atoms with Crippen molar-refractivity contribution >= 4 is 56.5 Å². The zero-order chi connectivity index (χ0) is 23.2. The minimum atomic E-state index is -3.84. The van der Waals surface area contributed by atoms with Gasteiger partial charge in [0, 0.05) is 10.8 Å². The fraction of sp³-hybridized carbons (Fsp3) is 0.500. The molecule has 2 aromatic rings. The van der Waals surface area contributed by atoms with Crippen LogP contribution in [0.3, 0.4) is 0 Å². The fourth-order valence-corrected chi connectivity index (χ4v) is 3.40. The predicted octanol–water partition coefficient (Wildman–Crippen LogP) is 3.63. The summed E-state index contributed by atoms with van der Waals surface area (Å²) >= 11 is 2.24. The summed E-state index contributed by atoms with van der Waals surface area (Å²) in [7, 11) is -3.84. The number of hydrogen-bond donors (Lipinski definition) is 3. The van der Waals surface area contributed by atoms with Crippen LogP contribution in [0, 0.1) is 0 Å². The molecule has 168 valence electrons. The summed E-state index contributed by atoms with van der Waals surface area (Å²) in [6.07, 6.45) is -1.18. The molecule has 0 saturated heterocycles. The molecule has 0 aliphatic heterocycles. The molecule has 0 aromatic carbocycles. The largest absolute Gasteiger partial charge is 0.444 e. The van der Waals surface area contributed by atoms with Crippen LogP contribution in [0.4, 0.5) is 21.2 Å². The molecule has 0 atom stereocenters. The van der Waals surface area contributed by atoms with Crippen LogP contribution in [-0.2, 0) is 19.5 Å². The number of carbonyl (C=O) groups excluding carboxylic acids is 2. The van der Waals surface area contributed by atoms with E-state index in [4.69, 9.17) is 14.6 Å². The van der Waals surface area contributed by atoms with Crippen molar-refractivity contribution in [1.29, 1.82) is 0 Å². The van der Waals surface area contributed by atoms with Gasteiger partial charge in [0.2, 0.25) is 4.34 Å². The van der Waals surface area contributed by atoms with Crippen molar-refractivity contribution < 1.29 is 27.5 Å². The Bertz CT molecular complexity index is 943. The van der Waals surface area contributed by atoms with Crippen molar-refractivity contribution in [3.05, 3.63) is 16.3 Å². The molecule has 0 aliphatic carbocycles. The van der Waals surface area contributed by atoms with E-state index in [0.717, 1.165) is 11.3 Å². The van der Waals surface area contributed by atoms with E-state index >= 15 is 0 Å². The minimum absolute atomic E-state index is 0.0910. The number of nitrogens with zero attached hydrogens (tertiary/aromatic N) is 2. The molecule has 2 aromatic heterocycles. The van der Waals surface area contributed by atoms with Gasteiger partial charge in [0.05, 0.1) is 5.51 Å². The maximum atomic E-state index is 11.3. The van der Waals surface area contributed by atoms with E-state index in [1.54, 1.807) is 31.7 Å². The van der Waals surface area contributed by atoms with Crippen LogP contribution in [0.25, 0.3) is 0 Å². The van der Waals surface area contributed by atoms with Crippen LogP contribution in [0.15, 0.2) is 20.6 Å². The number of amides is 2. The number of thiazole rings is 2. The standard InChI is InChI=1S/C8H13N3O4S2.C8H12N2O2S/c1-8(2,3)15-6(12)10-5-4-16-7(11-5)17(9,13)14;1-8(2,3)12-7(11)10-6-4-13-5-9-6/h4H,1-3H3,(H,10,12)(H2,9,13,14);4-5H,1-3H3,(H,10,11). The number of nitrogens with one attached hydrogen (secondary N) is 2. The summed E-state index contributed by atoms with van der Waals surface area (Å²) in [5.74, 6) is 0.618. The molecular weight excluding hydrogens is 454 g/mol. The lowest BCUT2D eigenvalue weighted by atomic mass is 10.2. The molecule has 0 saturated carbocycles. The first kappa shape index (κ1) is 25.7. The summed E-state index contributed by atoms with van der Waals surface area (Å²) in [6, 6.07) is 0. The number of rotatable bonds is 3.